The van der Waals surface area contributed by atoms with Gasteiger partial charge in [0.15, 0.2) is 0 Å². The summed E-state index contributed by atoms with van der Waals surface area (Å²) in [5, 5.41) is 11.4. The van der Waals surface area contributed by atoms with Gasteiger partial charge in [-0.3, -0.25) is 10.2 Å². The largest absolute Gasteiger partial charge is 0.373 e. The lowest BCUT2D eigenvalue weighted by Gasteiger charge is -2.17. The Labute approximate surface area is 144 Å². The van der Waals surface area contributed by atoms with Crippen LogP contribution in [-0.2, 0) is 4.79 Å². The quantitative estimate of drug-likeness (QED) is 0.734. The number of aromatic nitrogens is 1. The molecule has 0 saturated carbocycles. The summed E-state index contributed by atoms with van der Waals surface area (Å²) in [6, 6.07) is 10.8. The van der Waals surface area contributed by atoms with Gasteiger partial charge in [0.2, 0.25) is 5.91 Å². The van der Waals surface area contributed by atoms with E-state index in [2.05, 4.69) is 26.1 Å². The summed E-state index contributed by atoms with van der Waals surface area (Å²) in [6.07, 6.45) is 2.37. The number of hydrazone groups is 1. The summed E-state index contributed by atoms with van der Waals surface area (Å²) >= 11 is 6.16. The van der Waals surface area contributed by atoms with Crippen LogP contribution in [0.3, 0.4) is 0 Å². The van der Waals surface area contributed by atoms with Crippen molar-refractivity contribution < 1.29 is 4.79 Å². The number of pyridine rings is 1. The lowest BCUT2D eigenvalue weighted by atomic mass is 9.89. The molecule has 0 radical (unpaired) electrons. The third-order valence-corrected chi connectivity index (χ3v) is 4.53. The molecular formula is C17H16ClN5O. The first-order valence-electron chi connectivity index (χ1n) is 7.79. The number of amides is 1. The molecule has 1 aromatic heterocycles. The van der Waals surface area contributed by atoms with Crippen molar-refractivity contribution in [2.45, 2.75) is 18.4 Å². The number of nitrogens with zero attached hydrogens (tertiary/aromatic N) is 2. The number of carbonyl (C=O) groups excluding carboxylic acids is 1. The van der Waals surface area contributed by atoms with Gasteiger partial charge in [-0.15, -0.1) is 0 Å². The summed E-state index contributed by atoms with van der Waals surface area (Å²) in [5.41, 5.74) is 5.83. The van der Waals surface area contributed by atoms with Crippen LogP contribution < -0.4 is 16.1 Å². The molecule has 24 heavy (non-hydrogen) atoms. The SMILES string of the molecule is O=C1NCC/C(=N\Nc2ccccn2)C2c3cc(Cl)ccc3NC12. The highest BCUT2D eigenvalue weighted by atomic mass is 35.5. The molecule has 122 valence electrons. The Balaban J connectivity index is 1.71. The van der Waals surface area contributed by atoms with Crippen molar-refractivity contribution in [2.75, 3.05) is 17.3 Å². The number of hydrogen-bond acceptors (Lipinski definition) is 5. The fourth-order valence-corrected chi connectivity index (χ4v) is 3.38. The second-order valence-electron chi connectivity index (χ2n) is 5.80. The lowest BCUT2D eigenvalue weighted by molar-refractivity contribution is -0.121. The van der Waals surface area contributed by atoms with Gasteiger partial charge in [-0.1, -0.05) is 17.7 Å². The van der Waals surface area contributed by atoms with E-state index in [-0.39, 0.29) is 17.9 Å². The van der Waals surface area contributed by atoms with Crippen molar-refractivity contribution in [1.82, 2.24) is 10.3 Å². The number of fused-ring (bicyclic) bond motifs is 3. The van der Waals surface area contributed by atoms with Gasteiger partial charge in [0.05, 0.1) is 11.6 Å². The Morgan fingerprint density at radius 1 is 1.29 bits per heavy atom. The molecule has 2 aliphatic rings. The summed E-state index contributed by atoms with van der Waals surface area (Å²) in [5.74, 6) is 0.509. The Morgan fingerprint density at radius 2 is 2.21 bits per heavy atom. The van der Waals surface area contributed by atoms with E-state index in [1.54, 1.807) is 6.20 Å². The highest BCUT2D eigenvalue weighted by Gasteiger charge is 2.41. The third-order valence-electron chi connectivity index (χ3n) is 4.29. The first-order valence-corrected chi connectivity index (χ1v) is 8.17. The third kappa shape index (κ3) is 2.69. The molecule has 1 saturated heterocycles. The van der Waals surface area contributed by atoms with E-state index >= 15 is 0 Å². The second-order valence-corrected chi connectivity index (χ2v) is 6.24. The molecule has 0 spiro atoms. The molecule has 0 bridgehead atoms. The Morgan fingerprint density at radius 3 is 3.04 bits per heavy atom. The predicted molar refractivity (Wildman–Crippen MR) is 94.5 cm³/mol. The van der Waals surface area contributed by atoms with Crippen molar-refractivity contribution in [3.63, 3.8) is 0 Å². The molecule has 3 heterocycles. The number of halogens is 1. The maximum absolute atomic E-state index is 12.4. The minimum Gasteiger partial charge on any atom is -0.373 e. The average molecular weight is 342 g/mol. The zero-order valence-corrected chi connectivity index (χ0v) is 13.5. The van der Waals surface area contributed by atoms with Crippen molar-refractivity contribution in [3.8, 4) is 0 Å². The van der Waals surface area contributed by atoms with Gasteiger partial charge in [-0.2, -0.15) is 5.10 Å². The lowest BCUT2D eigenvalue weighted by Crippen LogP contribution is -2.39. The minimum absolute atomic E-state index is 0.0182. The molecule has 0 aliphatic carbocycles. The van der Waals surface area contributed by atoms with Crippen LogP contribution in [0.2, 0.25) is 5.02 Å². The zero-order chi connectivity index (χ0) is 16.5. The van der Waals surface area contributed by atoms with Gasteiger partial charge in [-0.25, -0.2) is 4.98 Å². The number of anilines is 2. The highest BCUT2D eigenvalue weighted by Crippen LogP contribution is 2.40. The molecule has 4 rings (SSSR count). The number of rotatable bonds is 2. The number of hydrogen-bond donors (Lipinski definition) is 3. The maximum Gasteiger partial charge on any atom is 0.243 e. The van der Waals surface area contributed by atoms with Crippen LogP contribution in [0.25, 0.3) is 0 Å². The number of benzene rings is 1. The van der Waals surface area contributed by atoms with Gasteiger partial charge < -0.3 is 10.6 Å². The van der Waals surface area contributed by atoms with Crippen LogP contribution in [-0.4, -0.2) is 29.2 Å². The summed E-state index contributed by atoms with van der Waals surface area (Å²) in [4.78, 5) is 16.6. The second kappa shape index (κ2) is 6.13. The Hall–Kier alpha value is -2.60. The molecule has 2 unspecified atom stereocenters. The van der Waals surface area contributed by atoms with E-state index in [0.717, 1.165) is 17.0 Å². The molecule has 2 atom stereocenters. The van der Waals surface area contributed by atoms with Crippen LogP contribution in [0.15, 0.2) is 47.7 Å². The van der Waals surface area contributed by atoms with E-state index in [4.69, 9.17) is 11.6 Å². The smallest absolute Gasteiger partial charge is 0.243 e. The molecule has 2 aromatic rings. The van der Waals surface area contributed by atoms with Crippen LogP contribution in [0.1, 0.15) is 17.9 Å². The Bertz CT molecular complexity index is 808. The van der Waals surface area contributed by atoms with E-state index in [9.17, 15) is 4.79 Å². The molecular weight excluding hydrogens is 326 g/mol. The fourth-order valence-electron chi connectivity index (χ4n) is 3.20. The molecule has 1 aromatic carbocycles. The number of carbonyl (C=O) groups is 1. The minimum atomic E-state index is -0.370. The fraction of sp³-hybridized carbons (Fsp3) is 0.235. The number of nitrogens with one attached hydrogen (secondary N) is 3. The van der Waals surface area contributed by atoms with Gasteiger partial charge in [0.25, 0.3) is 0 Å². The molecule has 7 heteroatoms. The molecule has 1 amide bonds. The average Bonchev–Trinajstić information content (AvgIpc) is 2.89. The van der Waals surface area contributed by atoms with E-state index in [1.165, 1.54) is 0 Å². The van der Waals surface area contributed by atoms with Gasteiger partial charge in [-0.05, 0) is 35.9 Å². The van der Waals surface area contributed by atoms with Crippen molar-refractivity contribution in [2.24, 2.45) is 5.10 Å². The van der Waals surface area contributed by atoms with Crippen LogP contribution in [0, 0.1) is 0 Å². The van der Waals surface area contributed by atoms with Crippen LogP contribution in [0.5, 0.6) is 0 Å². The molecule has 1 fully saturated rings. The monoisotopic (exact) mass is 341 g/mol. The van der Waals surface area contributed by atoms with Crippen LogP contribution in [0.4, 0.5) is 11.5 Å². The van der Waals surface area contributed by atoms with Crippen LogP contribution >= 0.6 is 11.6 Å². The summed E-state index contributed by atoms with van der Waals surface area (Å²) in [6.45, 7) is 0.562. The Kier molecular flexibility index (Phi) is 3.82. The maximum atomic E-state index is 12.4. The molecule has 2 aliphatic heterocycles. The van der Waals surface area contributed by atoms with Gasteiger partial charge in [0.1, 0.15) is 11.9 Å². The van der Waals surface area contributed by atoms with E-state index in [1.807, 2.05) is 36.4 Å². The normalized spacial score (nSPS) is 23.7. The van der Waals surface area contributed by atoms with Crippen molar-refractivity contribution in [3.05, 3.63) is 53.2 Å². The predicted octanol–water partition coefficient (Wildman–Crippen LogP) is 2.60. The first kappa shape index (κ1) is 15.0. The zero-order valence-electron chi connectivity index (χ0n) is 12.8. The van der Waals surface area contributed by atoms with Crippen molar-refractivity contribution in [1.29, 1.82) is 0 Å². The van der Waals surface area contributed by atoms with Crippen molar-refractivity contribution >= 4 is 34.7 Å². The van der Waals surface area contributed by atoms with Gasteiger partial charge >= 0.3 is 0 Å². The topological polar surface area (TPSA) is 78.4 Å². The highest BCUT2D eigenvalue weighted by molar-refractivity contribution is 6.30. The van der Waals surface area contributed by atoms with E-state index < -0.39 is 0 Å². The molecule has 6 nitrogen and oxygen atoms in total. The first-order chi connectivity index (χ1) is 11.7. The van der Waals surface area contributed by atoms with Gasteiger partial charge in [0, 0.05) is 29.9 Å². The van der Waals surface area contributed by atoms with E-state index in [0.29, 0.717) is 23.8 Å². The molecule has 3 N–H and O–H groups in total. The summed E-state index contributed by atoms with van der Waals surface area (Å²) in [7, 11) is 0. The standard InChI is InChI=1S/C17H16ClN5O/c18-10-4-5-12-11(9-10)15-13(6-8-20-17(24)16(15)21-12)22-23-14-3-1-2-7-19-14/h1-5,7,9,15-16,21H,6,8H2,(H,19,23)(H,20,24)/b22-13+. The summed E-state index contributed by atoms with van der Waals surface area (Å²) < 4.78 is 0.